The molecule has 3 heterocycles. The van der Waals surface area contributed by atoms with E-state index in [2.05, 4.69) is 11.8 Å². The molecule has 1 spiro atoms. The van der Waals surface area contributed by atoms with Crippen molar-refractivity contribution < 1.29 is 14.6 Å². The second-order valence-electron chi connectivity index (χ2n) is 10.3. The second-order valence-corrected chi connectivity index (χ2v) is 10.3. The molecule has 138 valence electrons. The van der Waals surface area contributed by atoms with Crippen molar-refractivity contribution in [2.75, 3.05) is 13.1 Å². The average Bonchev–Trinajstić information content (AvgIpc) is 3.14. The third-order valence-corrected chi connectivity index (χ3v) is 10.0. The van der Waals surface area contributed by atoms with E-state index in [1.807, 2.05) is 0 Å². The van der Waals surface area contributed by atoms with Gasteiger partial charge in [0, 0.05) is 24.4 Å². The molecular weight excluding hydrogens is 314 g/mol. The van der Waals surface area contributed by atoms with Gasteiger partial charge in [-0.05, 0) is 74.0 Å². The normalized spacial score (nSPS) is 61.9. The zero-order chi connectivity index (χ0) is 17.0. The third-order valence-electron chi connectivity index (χ3n) is 10.0. The topological polar surface area (TPSA) is 49.8 Å². The third kappa shape index (κ3) is 1.70. The van der Waals surface area contributed by atoms with E-state index in [1.165, 1.54) is 38.5 Å². The maximum Gasteiger partial charge on any atom is 0.306 e. The molecule has 4 heteroatoms. The number of esters is 1. The molecule has 3 saturated heterocycles. The minimum Gasteiger partial charge on any atom is -0.462 e. The van der Waals surface area contributed by atoms with Crippen LogP contribution in [0.3, 0.4) is 0 Å². The van der Waals surface area contributed by atoms with Crippen molar-refractivity contribution in [3.05, 3.63) is 0 Å². The maximum absolute atomic E-state index is 11.8. The van der Waals surface area contributed by atoms with Crippen LogP contribution in [0, 0.1) is 40.4 Å². The maximum atomic E-state index is 11.8. The van der Waals surface area contributed by atoms with Crippen LogP contribution in [0.15, 0.2) is 0 Å². The zero-order valence-electron chi connectivity index (χ0n) is 15.3. The van der Waals surface area contributed by atoms with Gasteiger partial charge in [-0.15, -0.1) is 0 Å². The highest BCUT2D eigenvalue weighted by Crippen LogP contribution is 2.70. The Hall–Kier alpha value is -0.610. The molecule has 1 N–H and O–H groups in total. The van der Waals surface area contributed by atoms with Crippen LogP contribution in [0.1, 0.15) is 58.3 Å². The standard InChI is InChI=1S/C21H31NO3/c1-20-6-4-14-13(15(20)10-17-16(20)11-18(23)25-17)3-2-12-5-8-22-9-7-21(12,14)19(22)24/h12-17,19,24H,2-11H2,1H3/t12-,13-,14+,15+,16+,17+,19-,20+,21+/m1/s1. The lowest BCUT2D eigenvalue weighted by Gasteiger charge is -2.61. The van der Waals surface area contributed by atoms with E-state index in [9.17, 15) is 9.90 Å². The largest absolute Gasteiger partial charge is 0.462 e. The van der Waals surface area contributed by atoms with Crippen molar-refractivity contribution in [2.24, 2.45) is 40.4 Å². The van der Waals surface area contributed by atoms with Crippen molar-refractivity contribution in [2.45, 2.75) is 70.6 Å². The van der Waals surface area contributed by atoms with Crippen molar-refractivity contribution in [3.63, 3.8) is 0 Å². The molecule has 6 aliphatic rings. The molecule has 0 aromatic heterocycles. The van der Waals surface area contributed by atoms with Crippen LogP contribution >= 0.6 is 0 Å². The molecule has 6 fully saturated rings. The monoisotopic (exact) mass is 345 g/mol. The van der Waals surface area contributed by atoms with Gasteiger partial charge in [-0.25, -0.2) is 0 Å². The number of aliphatic hydroxyl groups excluding tert-OH is 1. The molecule has 1 unspecified atom stereocenters. The van der Waals surface area contributed by atoms with Gasteiger partial charge in [-0.2, -0.15) is 0 Å². The molecule has 2 bridgehead atoms. The summed E-state index contributed by atoms with van der Waals surface area (Å²) in [6.45, 7) is 4.67. The van der Waals surface area contributed by atoms with Crippen LogP contribution in [0.2, 0.25) is 0 Å². The number of fused-ring (bicyclic) bond motifs is 6. The van der Waals surface area contributed by atoms with Gasteiger partial charge in [0.15, 0.2) is 0 Å². The van der Waals surface area contributed by atoms with Crippen LogP contribution in [0.5, 0.6) is 0 Å². The molecule has 0 radical (unpaired) electrons. The Kier molecular flexibility index (Phi) is 2.97. The summed E-state index contributed by atoms with van der Waals surface area (Å²) >= 11 is 0. The Labute approximate surface area is 150 Å². The Bertz CT molecular complexity index is 622. The summed E-state index contributed by atoms with van der Waals surface area (Å²) in [4.78, 5) is 14.2. The number of piperidine rings is 1. The Morgan fingerprint density at radius 2 is 1.96 bits per heavy atom. The van der Waals surface area contributed by atoms with E-state index in [0.717, 1.165) is 31.3 Å². The summed E-state index contributed by atoms with van der Waals surface area (Å²) in [5.74, 6) is 3.37. The smallest absolute Gasteiger partial charge is 0.306 e. The van der Waals surface area contributed by atoms with E-state index in [-0.39, 0.29) is 23.7 Å². The quantitative estimate of drug-likeness (QED) is 0.686. The summed E-state index contributed by atoms with van der Waals surface area (Å²) in [6.07, 6.45) is 9.40. The van der Waals surface area contributed by atoms with Gasteiger partial charge < -0.3 is 9.84 Å². The SMILES string of the molecule is C[C@]12CC[C@H]3[C@@H](CC[C@@H]4CCN5CC[C@]43[C@H]5O)[C@@H]1C[C@@H]1OC(=O)C[C@@H]12. The highest BCUT2D eigenvalue weighted by atomic mass is 16.6. The number of hydrogen-bond acceptors (Lipinski definition) is 4. The lowest BCUT2D eigenvalue weighted by molar-refractivity contribution is -0.188. The fraction of sp³-hybridized carbons (Fsp3) is 0.952. The molecule has 0 aromatic rings. The molecule has 3 aliphatic heterocycles. The first-order valence-corrected chi connectivity index (χ1v) is 10.7. The van der Waals surface area contributed by atoms with Crippen LogP contribution in [-0.2, 0) is 9.53 Å². The van der Waals surface area contributed by atoms with Crippen molar-refractivity contribution in [3.8, 4) is 0 Å². The first-order chi connectivity index (χ1) is 12.0. The van der Waals surface area contributed by atoms with Crippen LogP contribution in [0.4, 0.5) is 0 Å². The van der Waals surface area contributed by atoms with Crippen LogP contribution in [0.25, 0.3) is 0 Å². The number of aliphatic hydroxyl groups is 1. The number of hydrogen-bond donors (Lipinski definition) is 1. The summed E-state index contributed by atoms with van der Waals surface area (Å²) < 4.78 is 5.71. The fourth-order valence-electron chi connectivity index (χ4n) is 8.99. The minimum absolute atomic E-state index is 0.0354. The number of carbonyl (C=O) groups excluding carboxylic acids is 1. The molecule has 4 nitrogen and oxygen atoms in total. The predicted octanol–water partition coefficient (Wildman–Crippen LogP) is 2.79. The van der Waals surface area contributed by atoms with Crippen molar-refractivity contribution >= 4 is 5.97 Å². The number of ether oxygens (including phenoxy) is 1. The molecule has 10 atom stereocenters. The highest BCUT2D eigenvalue weighted by molar-refractivity contribution is 5.72. The zero-order valence-corrected chi connectivity index (χ0v) is 15.3. The summed E-state index contributed by atoms with van der Waals surface area (Å²) in [5.41, 5.74) is 0.469. The van der Waals surface area contributed by atoms with Gasteiger partial charge in [-0.1, -0.05) is 6.92 Å². The van der Waals surface area contributed by atoms with Gasteiger partial charge in [0.25, 0.3) is 0 Å². The Balaban J connectivity index is 1.37. The van der Waals surface area contributed by atoms with E-state index < -0.39 is 0 Å². The van der Waals surface area contributed by atoms with E-state index in [1.54, 1.807) is 0 Å². The summed E-state index contributed by atoms with van der Waals surface area (Å²) in [5, 5.41) is 11.2. The molecule has 25 heavy (non-hydrogen) atoms. The molecule has 3 saturated carbocycles. The van der Waals surface area contributed by atoms with Gasteiger partial charge in [0.2, 0.25) is 0 Å². The van der Waals surface area contributed by atoms with Crippen LogP contribution in [-0.4, -0.2) is 41.4 Å². The van der Waals surface area contributed by atoms with Crippen molar-refractivity contribution in [1.82, 2.24) is 4.90 Å². The first kappa shape index (κ1) is 15.4. The van der Waals surface area contributed by atoms with Gasteiger partial charge >= 0.3 is 5.97 Å². The molecule has 3 aliphatic carbocycles. The van der Waals surface area contributed by atoms with Crippen molar-refractivity contribution in [1.29, 1.82) is 0 Å². The molecule has 6 rings (SSSR count). The number of nitrogens with zero attached hydrogens (tertiary/aromatic N) is 1. The predicted molar refractivity (Wildman–Crippen MR) is 92.4 cm³/mol. The fourth-order valence-corrected chi connectivity index (χ4v) is 8.99. The lowest BCUT2D eigenvalue weighted by atomic mass is 9.45. The van der Waals surface area contributed by atoms with Gasteiger partial charge in [0.1, 0.15) is 12.3 Å². The summed E-state index contributed by atoms with van der Waals surface area (Å²) in [7, 11) is 0. The van der Waals surface area contributed by atoms with E-state index in [0.29, 0.717) is 29.6 Å². The summed E-state index contributed by atoms with van der Waals surface area (Å²) in [6, 6.07) is 0. The van der Waals surface area contributed by atoms with Gasteiger partial charge in [-0.3, -0.25) is 9.69 Å². The number of rotatable bonds is 0. The van der Waals surface area contributed by atoms with Crippen LogP contribution < -0.4 is 0 Å². The highest BCUT2D eigenvalue weighted by Gasteiger charge is 2.68. The number of carbonyl (C=O) groups is 1. The van der Waals surface area contributed by atoms with Gasteiger partial charge in [0.05, 0.1) is 6.42 Å². The Morgan fingerprint density at radius 1 is 1.08 bits per heavy atom. The average molecular weight is 345 g/mol. The first-order valence-electron chi connectivity index (χ1n) is 10.7. The lowest BCUT2D eigenvalue weighted by Crippen LogP contribution is -2.60. The van der Waals surface area contributed by atoms with E-state index >= 15 is 0 Å². The molecule has 0 aromatic carbocycles. The second kappa shape index (κ2) is 4.81. The minimum atomic E-state index is -0.192. The molecular formula is C21H31NO3. The Morgan fingerprint density at radius 3 is 2.84 bits per heavy atom. The van der Waals surface area contributed by atoms with E-state index in [4.69, 9.17) is 4.74 Å². The molecule has 0 amide bonds.